The molecule has 32 heavy (non-hydrogen) atoms. The molecule has 1 aliphatic heterocycles. The van der Waals surface area contributed by atoms with Gasteiger partial charge in [-0.05, 0) is 53.7 Å². The number of hydrogen-bond donors (Lipinski definition) is 1. The van der Waals surface area contributed by atoms with Crippen molar-refractivity contribution in [1.82, 2.24) is 25.1 Å². The van der Waals surface area contributed by atoms with Crippen LogP contribution < -0.4 is 10.2 Å². The summed E-state index contributed by atoms with van der Waals surface area (Å²) in [6.07, 6.45) is 5.40. The van der Waals surface area contributed by atoms with Gasteiger partial charge in [-0.1, -0.05) is 35.4 Å². The first-order valence-corrected chi connectivity index (χ1v) is 11.4. The number of carbonyl (C=O) groups is 1. The van der Waals surface area contributed by atoms with E-state index >= 15 is 0 Å². The Balaban J connectivity index is 1.29. The fourth-order valence-electron chi connectivity index (χ4n) is 3.49. The molecule has 9 heteroatoms. The van der Waals surface area contributed by atoms with Gasteiger partial charge in [0.2, 0.25) is 11.1 Å². The molecular formula is C23H25N7OS. The van der Waals surface area contributed by atoms with Crippen molar-refractivity contribution in [3.63, 3.8) is 0 Å². The molecule has 2 aromatic carbocycles. The third-order valence-corrected chi connectivity index (χ3v) is 6.17. The third kappa shape index (κ3) is 5.46. The normalized spacial score (nSPS) is 14.2. The average Bonchev–Trinajstić information content (AvgIpc) is 3.28. The van der Waals surface area contributed by atoms with Gasteiger partial charge in [0.1, 0.15) is 0 Å². The van der Waals surface area contributed by atoms with Crippen LogP contribution in [0.25, 0.3) is 5.69 Å². The van der Waals surface area contributed by atoms with Crippen molar-refractivity contribution in [3.8, 4) is 18.0 Å². The zero-order valence-corrected chi connectivity index (χ0v) is 18.8. The molecule has 0 aliphatic carbocycles. The summed E-state index contributed by atoms with van der Waals surface area (Å²) in [5.41, 5.74) is 3.94. The number of hydrogen-bond acceptors (Lipinski definition) is 7. The second-order valence-electron chi connectivity index (χ2n) is 7.56. The van der Waals surface area contributed by atoms with Crippen molar-refractivity contribution in [2.75, 3.05) is 48.7 Å². The predicted molar refractivity (Wildman–Crippen MR) is 127 cm³/mol. The van der Waals surface area contributed by atoms with E-state index in [4.69, 9.17) is 6.42 Å². The number of aryl methyl sites for hydroxylation is 1. The van der Waals surface area contributed by atoms with Crippen molar-refractivity contribution in [3.05, 3.63) is 54.1 Å². The standard InChI is InChI=1S/C23H25N7OS/c1-3-12-28-13-15-29(16-14-28)20-10-6-19(7-11-20)24-22(31)17-32-23-25-26-27-30(23)21-8-4-18(2)5-9-21/h1,4-11H,12-17H2,2H3,(H,24,31). The summed E-state index contributed by atoms with van der Waals surface area (Å²) in [4.78, 5) is 17.1. The van der Waals surface area contributed by atoms with Gasteiger partial charge in [0.05, 0.1) is 18.0 Å². The molecule has 4 rings (SSSR count). The van der Waals surface area contributed by atoms with E-state index in [1.165, 1.54) is 11.8 Å². The van der Waals surface area contributed by atoms with Gasteiger partial charge in [-0.3, -0.25) is 9.69 Å². The molecule has 1 amide bonds. The van der Waals surface area contributed by atoms with Crippen LogP contribution in [0.2, 0.25) is 0 Å². The SMILES string of the molecule is C#CCN1CCN(c2ccc(NC(=O)CSc3nnnn3-c3ccc(C)cc3)cc2)CC1. The third-order valence-electron chi connectivity index (χ3n) is 5.26. The fraction of sp³-hybridized carbons (Fsp3) is 0.304. The molecule has 3 aromatic rings. The maximum Gasteiger partial charge on any atom is 0.234 e. The minimum Gasteiger partial charge on any atom is -0.369 e. The van der Waals surface area contributed by atoms with Crippen molar-refractivity contribution in [2.45, 2.75) is 12.1 Å². The molecule has 1 saturated heterocycles. The highest BCUT2D eigenvalue weighted by molar-refractivity contribution is 7.99. The first-order chi connectivity index (χ1) is 15.6. The molecular weight excluding hydrogens is 422 g/mol. The zero-order valence-electron chi connectivity index (χ0n) is 17.9. The van der Waals surface area contributed by atoms with Crippen LogP contribution >= 0.6 is 11.8 Å². The van der Waals surface area contributed by atoms with Gasteiger partial charge < -0.3 is 10.2 Å². The number of thioether (sulfide) groups is 1. The highest BCUT2D eigenvalue weighted by Crippen LogP contribution is 2.21. The molecule has 0 saturated carbocycles. The number of tetrazole rings is 1. The Bertz CT molecular complexity index is 1080. The van der Waals surface area contributed by atoms with E-state index < -0.39 is 0 Å². The Hall–Kier alpha value is -3.35. The summed E-state index contributed by atoms with van der Waals surface area (Å²) in [6, 6.07) is 15.8. The lowest BCUT2D eigenvalue weighted by molar-refractivity contribution is -0.113. The van der Waals surface area contributed by atoms with Crippen molar-refractivity contribution >= 4 is 29.0 Å². The summed E-state index contributed by atoms with van der Waals surface area (Å²) in [5.74, 6) is 2.81. The maximum absolute atomic E-state index is 12.4. The lowest BCUT2D eigenvalue weighted by Gasteiger charge is -2.35. The summed E-state index contributed by atoms with van der Waals surface area (Å²) in [7, 11) is 0. The minimum atomic E-state index is -0.107. The highest BCUT2D eigenvalue weighted by atomic mass is 32.2. The molecule has 0 radical (unpaired) electrons. The second-order valence-corrected chi connectivity index (χ2v) is 8.50. The number of nitrogens with one attached hydrogen (secondary N) is 1. The number of terminal acetylenes is 1. The molecule has 1 aliphatic rings. The van der Waals surface area contributed by atoms with E-state index in [1.54, 1.807) is 4.68 Å². The quantitative estimate of drug-likeness (QED) is 0.440. The van der Waals surface area contributed by atoms with E-state index in [1.807, 2.05) is 55.5 Å². The average molecular weight is 448 g/mol. The lowest BCUT2D eigenvalue weighted by Crippen LogP contribution is -2.46. The van der Waals surface area contributed by atoms with Gasteiger partial charge in [0.15, 0.2) is 0 Å². The van der Waals surface area contributed by atoms with Crippen LogP contribution in [0.15, 0.2) is 53.7 Å². The number of piperazine rings is 1. The minimum absolute atomic E-state index is 0.107. The smallest absolute Gasteiger partial charge is 0.234 e. The first-order valence-electron chi connectivity index (χ1n) is 10.4. The van der Waals surface area contributed by atoms with Gasteiger partial charge in [-0.25, -0.2) is 0 Å². The van der Waals surface area contributed by atoms with Crippen molar-refractivity contribution < 1.29 is 4.79 Å². The van der Waals surface area contributed by atoms with Gasteiger partial charge in [-0.15, -0.1) is 11.5 Å². The molecule has 0 atom stereocenters. The van der Waals surface area contributed by atoms with Crippen LogP contribution in [0, 0.1) is 19.3 Å². The first kappa shape index (κ1) is 21.9. The molecule has 0 spiro atoms. The molecule has 8 nitrogen and oxygen atoms in total. The molecule has 164 valence electrons. The van der Waals surface area contributed by atoms with Gasteiger partial charge >= 0.3 is 0 Å². The van der Waals surface area contributed by atoms with E-state index in [-0.39, 0.29) is 11.7 Å². The molecule has 0 unspecified atom stereocenters. The highest BCUT2D eigenvalue weighted by Gasteiger charge is 2.16. The van der Waals surface area contributed by atoms with Crippen LogP contribution in [-0.2, 0) is 4.79 Å². The summed E-state index contributed by atoms with van der Waals surface area (Å²) in [6.45, 7) is 6.54. The molecule has 2 heterocycles. The van der Waals surface area contributed by atoms with Gasteiger partial charge in [0.25, 0.3) is 0 Å². The summed E-state index contributed by atoms with van der Waals surface area (Å²) in [5, 5.41) is 15.3. The predicted octanol–water partition coefficient (Wildman–Crippen LogP) is 2.46. The molecule has 1 fully saturated rings. The monoisotopic (exact) mass is 447 g/mol. The summed E-state index contributed by atoms with van der Waals surface area (Å²) >= 11 is 1.30. The Labute approximate surface area is 192 Å². The molecule has 1 N–H and O–H groups in total. The van der Waals surface area contributed by atoms with Crippen molar-refractivity contribution in [2.24, 2.45) is 0 Å². The number of amides is 1. The maximum atomic E-state index is 12.4. The Morgan fingerprint density at radius 1 is 1.06 bits per heavy atom. The number of rotatable bonds is 7. The largest absolute Gasteiger partial charge is 0.369 e. The number of aromatic nitrogens is 4. The Morgan fingerprint density at radius 2 is 1.75 bits per heavy atom. The molecule has 1 aromatic heterocycles. The summed E-state index contributed by atoms with van der Waals surface area (Å²) < 4.78 is 1.63. The van der Waals surface area contributed by atoms with E-state index in [9.17, 15) is 4.79 Å². The lowest BCUT2D eigenvalue weighted by atomic mass is 10.2. The number of anilines is 2. The van der Waals surface area contributed by atoms with Crippen molar-refractivity contribution in [1.29, 1.82) is 0 Å². The van der Waals surface area contributed by atoms with Crippen LogP contribution in [0.5, 0.6) is 0 Å². The van der Waals surface area contributed by atoms with Crippen LogP contribution in [-0.4, -0.2) is 69.5 Å². The molecule has 0 bridgehead atoms. The number of benzene rings is 2. The van der Waals surface area contributed by atoms with E-state index in [0.29, 0.717) is 11.7 Å². The second kappa shape index (κ2) is 10.3. The fourth-order valence-corrected chi connectivity index (χ4v) is 4.18. The topological polar surface area (TPSA) is 79.2 Å². The van der Waals surface area contributed by atoms with E-state index in [0.717, 1.165) is 48.8 Å². The van der Waals surface area contributed by atoms with Crippen LogP contribution in [0.4, 0.5) is 11.4 Å². The van der Waals surface area contributed by atoms with Gasteiger partial charge in [0, 0.05) is 37.6 Å². The number of nitrogens with zero attached hydrogens (tertiary/aromatic N) is 6. The van der Waals surface area contributed by atoms with Crippen LogP contribution in [0.1, 0.15) is 5.56 Å². The Morgan fingerprint density at radius 3 is 2.44 bits per heavy atom. The van der Waals surface area contributed by atoms with E-state index in [2.05, 4.69) is 36.6 Å². The van der Waals surface area contributed by atoms with Gasteiger partial charge in [-0.2, -0.15) is 4.68 Å². The number of carbonyl (C=O) groups excluding carboxylic acids is 1. The Kier molecular flexibility index (Phi) is 7.04. The van der Waals surface area contributed by atoms with Crippen LogP contribution in [0.3, 0.4) is 0 Å². The zero-order chi connectivity index (χ0) is 22.3.